The van der Waals surface area contributed by atoms with E-state index in [1.54, 1.807) is 18.9 Å². The third kappa shape index (κ3) is 2.33. The van der Waals surface area contributed by atoms with Gasteiger partial charge in [0.25, 0.3) is 0 Å². The number of hydrogen-bond acceptors (Lipinski definition) is 6. The fourth-order valence-electron chi connectivity index (χ4n) is 2.44. The predicted molar refractivity (Wildman–Crippen MR) is 89.2 cm³/mol. The predicted octanol–water partition coefficient (Wildman–Crippen LogP) is 2.60. The summed E-state index contributed by atoms with van der Waals surface area (Å²) in [5.74, 6) is 1.43. The number of aromatic nitrogens is 3. The summed E-state index contributed by atoms with van der Waals surface area (Å²) < 4.78 is 7.17. The van der Waals surface area contributed by atoms with E-state index in [1.807, 2.05) is 42.8 Å². The highest BCUT2D eigenvalue weighted by Gasteiger charge is 2.17. The van der Waals surface area contributed by atoms with Crippen LogP contribution in [0.1, 0.15) is 5.56 Å². The number of nitrogens with two attached hydrogens (primary N) is 2. The summed E-state index contributed by atoms with van der Waals surface area (Å²) in [4.78, 5) is 9.46. The van der Waals surface area contributed by atoms with E-state index in [0.717, 1.165) is 32.3 Å². The monoisotopic (exact) mass is 315 g/mol. The molecule has 2 heterocycles. The van der Waals surface area contributed by atoms with Gasteiger partial charge in [-0.25, -0.2) is 0 Å². The van der Waals surface area contributed by atoms with Crippen LogP contribution >= 0.6 is 11.8 Å². The van der Waals surface area contributed by atoms with Crippen LogP contribution in [-0.4, -0.2) is 21.6 Å². The highest BCUT2D eigenvalue weighted by Crippen LogP contribution is 2.37. The number of hydrogen-bond donors (Lipinski definition) is 2. The summed E-state index contributed by atoms with van der Waals surface area (Å²) in [6.45, 7) is 2.02. The molecule has 0 fully saturated rings. The van der Waals surface area contributed by atoms with Gasteiger partial charge in [-0.15, -0.1) is 0 Å². The Bertz CT molecular complexity index is 842. The Morgan fingerprint density at radius 3 is 2.45 bits per heavy atom. The van der Waals surface area contributed by atoms with E-state index in [-0.39, 0.29) is 5.95 Å². The first-order chi connectivity index (χ1) is 10.5. The van der Waals surface area contributed by atoms with Crippen LogP contribution in [0, 0.1) is 6.92 Å². The molecule has 0 unspecified atom stereocenters. The first-order valence-electron chi connectivity index (χ1n) is 6.71. The highest BCUT2D eigenvalue weighted by molar-refractivity contribution is 7.99. The number of ether oxygens (including phenoxy) is 1. The van der Waals surface area contributed by atoms with Crippen LogP contribution in [-0.2, 0) is 7.05 Å². The second-order valence-corrected chi connectivity index (χ2v) is 5.99. The van der Waals surface area contributed by atoms with Crippen molar-refractivity contribution >= 4 is 34.6 Å². The summed E-state index contributed by atoms with van der Waals surface area (Å²) in [7, 11) is 3.61. The van der Waals surface area contributed by atoms with Gasteiger partial charge < -0.3 is 20.8 Å². The Hall–Kier alpha value is -2.41. The highest BCUT2D eigenvalue weighted by atomic mass is 32.2. The zero-order valence-electron chi connectivity index (χ0n) is 12.6. The minimum atomic E-state index is 0.187. The van der Waals surface area contributed by atoms with E-state index in [0.29, 0.717) is 5.82 Å². The van der Waals surface area contributed by atoms with Crippen LogP contribution in [0.2, 0.25) is 0 Å². The van der Waals surface area contributed by atoms with Crippen LogP contribution in [0.5, 0.6) is 5.75 Å². The van der Waals surface area contributed by atoms with Crippen molar-refractivity contribution in [2.24, 2.45) is 7.05 Å². The number of anilines is 2. The van der Waals surface area contributed by atoms with Crippen molar-refractivity contribution in [1.29, 1.82) is 0 Å². The number of benzene rings is 1. The molecule has 0 amide bonds. The molecule has 3 aromatic rings. The second kappa shape index (κ2) is 5.42. The van der Waals surface area contributed by atoms with Gasteiger partial charge in [0.2, 0.25) is 5.95 Å². The molecule has 2 aromatic heterocycles. The number of rotatable bonds is 3. The van der Waals surface area contributed by atoms with Crippen LogP contribution in [0.4, 0.5) is 11.8 Å². The molecule has 0 aliphatic rings. The molecule has 7 heteroatoms. The van der Waals surface area contributed by atoms with E-state index >= 15 is 0 Å². The van der Waals surface area contributed by atoms with Crippen molar-refractivity contribution in [3.8, 4) is 5.75 Å². The Morgan fingerprint density at radius 1 is 1.14 bits per heavy atom. The summed E-state index contributed by atoms with van der Waals surface area (Å²) in [6, 6.07) is 7.91. The fraction of sp³-hybridized carbons (Fsp3) is 0.200. The molecule has 0 atom stereocenters. The Morgan fingerprint density at radius 2 is 1.82 bits per heavy atom. The molecule has 22 heavy (non-hydrogen) atoms. The molecule has 0 saturated carbocycles. The summed E-state index contributed by atoms with van der Waals surface area (Å²) in [5.41, 5.74) is 13.5. The topological polar surface area (TPSA) is 92.0 Å². The first kappa shape index (κ1) is 14.5. The van der Waals surface area contributed by atoms with Crippen LogP contribution in [0.15, 0.2) is 34.2 Å². The van der Waals surface area contributed by atoms with E-state index in [9.17, 15) is 0 Å². The lowest BCUT2D eigenvalue weighted by atomic mass is 10.2. The first-order valence-corrected chi connectivity index (χ1v) is 7.52. The normalized spacial score (nSPS) is 11.0. The number of methoxy groups -OCH3 is 1. The zero-order chi connectivity index (χ0) is 15.9. The summed E-state index contributed by atoms with van der Waals surface area (Å²) in [5, 5.41) is 1.92. The van der Waals surface area contributed by atoms with Gasteiger partial charge >= 0.3 is 0 Å². The molecule has 0 aliphatic heterocycles. The number of aryl methyl sites for hydroxylation is 2. The molecule has 0 saturated heterocycles. The van der Waals surface area contributed by atoms with Crippen molar-refractivity contribution in [2.75, 3.05) is 18.6 Å². The van der Waals surface area contributed by atoms with Gasteiger partial charge in [0, 0.05) is 11.9 Å². The largest absolute Gasteiger partial charge is 0.497 e. The number of nitrogens with zero attached hydrogens (tertiary/aromatic N) is 3. The van der Waals surface area contributed by atoms with Crippen molar-refractivity contribution in [1.82, 2.24) is 14.5 Å². The van der Waals surface area contributed by atoms with E-state index in [1.165, 1.54) is 0 Å². The lowest BCUT2D eigenvalue weighted by Gasteiger charge is -2.06. The molecule has 0 radical (unpaired) electrons. The van der Waals surface area contributed by atoms with Gasteiger partial charge in [-0.1, -0.05) is 11.8 Å². The minimum Gasteiger partial charge on any atom is -0.497 e. The molecule has 0 aliphatic carbocycles. The molecular formula is C15H17N5OS. The molecule has 114 valence electrons. The second-order valence-electron chi connectivity index (χ2n) is 4.93. The zero-order valence-corrected chi connectivity index (χ0v) is 13.4. The molecule has 0 bridgehead atoms. The van der Waals surface area contributed by atoms with E-state index in [2.05, 4.69) is 9.97 Å². The quantitative estimate of drug-likeness (QED) is 0.772. The van der Waals surface area contributed by atoms with Gasteiger partial charge in [-0.05, 0) is 36.8 Å². The fourth-order valence-corrected chi connectivity index (χ4v) is 3.41. The lowest BCUT2D eigenvalue weighted by Crippen LogP contribution is -2.01. The molecule has 0 spiro atoms. The molecule has 1 aromatic carbocycles. The molecule has 6 nitrogen and oxygen atoms in total. The Labute approximate surface area is 132 Å². The summed E-state index contributed by atoms with van der Waals surface area (Å²) in [6.07, 6.45) is 0. The van der Waals surface area contributed by atoms with Gasteiger partial charge in [-0.3, -0.25) is 0 Å². The van der Waals surface area contributed by atoms with Crippen LogP contribution in [0.25, 0.3) is 11.0 Å². The maximum Gasteiger partial charge on any atom is 0.223 e. The van der Waals surface area contributed by atoms with E-state index < -0.39 is 0 Å². The maximum absolute atomic E-state index is 6.00. The third-order valence-electron chi connectivity index (χ3n) is 3.53. The lowest BCUT2D eigenvalue weighted by molar-refractivity contribution is 0.414. The number of nitrogen functional groups attached to an aromatic ring is 2. The van der Waals surface area contributed by atoms with Crippen LogP contribution < -0.4 is 16.2 Å². The van der Waals surface area contributed by atoms with Crippen molar-refractivity contribution < 1.29 is 4.74 Å². The molecular weight excluding hydrogens is 298 g/mol. The Kier molecular flexibility index (Phi) is 3.58. The maximum atomic E-state index is 6.00. The summed E-state index contributed by atoms with van der Waals surface area (Å²) >= 11 is 1.64. The van der Waals surface area contributed by atoms with Crippen molar-refractivity contribution in [3.05, 3.63) is 29.8 Å². The minimum absolute atomic E-state index is 0.187. The standard InChI is InChI=1S/C15H17N5OS/c1-8-11-12(16)18-15(17)19-13(11)20(2)14(8)22-10-6-4-9(21-3)5-7-10/h4-7H,1-3H3,(H4,16,17,18,19). The molecule has 4 N–H and O–H groups in total. The van der Waals surface area contributed by atoms with E-state index in [4.69, 9.17) is 16.2 Å². The average Bonchev–Trinajstić information content (AvgIpc) is 2.73. The third-order valence-corrected chi connectivity index (χ3v) is 4.81. The smallest absolute Gasteiger partial charge is 0.223 e. The van der Waals surface area contributed by atoms with Crippen molar-refractivity contribution in [3.63, 3.8) is 0 Å². The van der Waals surface area contributed by atoms with Crippen molar-refractivity contribution in [2.45, 2.75) is 16.8 Å². The van der Waals surface area contributed by atoms with Gasteiger partial charge in [0.15, 0.2) is 0 Å². The Balaban J connectivity index is 2.08. The van der Waals surface area contributed by atoms with Gasteiger partial charge in [0.1, 0.15) is 17.2 Å². The number of fused-ring (bicyclic) bond motifs is 1. The van der Waals surface area contributed by atoms with Crippen LogP contribution in [0.3, 0.4) is 0 Å². The van der Waals surface area contributed by atoms with Gasteiger partial charge in [-0.2, -0.15) is 9.97 Å². The molecule has 3 rings (SSSR count). The average molecular weight is 315 g/mol. The SMILES string of the molecule is COc1ccc(Sc2c(C)c3c(N)nc(N)nc3n2C)cc1. The van der Waals surface area contributed by atoms with Gasteiger partial charge in [0.05, 0.1) is 17.5 Å².